The van der Waals surface area contributed by atoms with Crippen LogP contribution in [0.2, 0.25) is 0 Å². The molecule has 22 heavy (non-hydrogen) atoms. The minimum atomic E-state index is -0.174. The summed E-state index contributed by atoms with van der Waals surface area (Å²) in [7, 11) is 0. The fourth-order valence-electron chi connectivity index (χ4n) is 3.18. The van der Waals surface area contributed by atoms with Gasteiger partial charge < -0.3 is 10.1 Å². The summed E-state index contributed by atoms with van der Waals surface area (Å²) in [4.78, 5) is 0. The third-order valence-electron chi connectivity index (χ3n) is 4.36. The highest BCUT2D eigenvalue weighted by molar-refractivity contribution is 5.31. The van der Waals surface area contributed by atoms with E-state index in [1.165, 1.54) is 11.1 Å². The first-order valence-corrected chi connectivity index (χ1v) is 7.86. The van der Waals surface area contributed by atoms with E-state index in [4.69, 9.17) is 4.74 Å². The van der Waals surface area contributed by atoms with Gasteiger partial charge >= 0.3 is 0 Å². The maximum atomic E-state index is 13.3. The van der Waals surface area contributed by atoms with Crippen LogP contribution in [0.3, 0.4) is 0 Å². The Hall–Kier alpha value is -1.71. The van der Waals surface area contributed by atoms with E-state index in [9.17, 15) is 4.39 Å². The predicted molar refractivity (Wildman–Crippen MR) is 86.4 cm³/mol. The summed E-state index contributed by atoms with van der Waals surface area (Å²) in [6.07, 6.45) is 1.15. The van der Waals surface area contributed by atoms with Crippen molar-refractivity contribution < 1.29 is 9.13 Å². The lowest BCUT2D eigenvalue weighted by Gasteiger charge is -2.33. The smallest absolute Gasteiger partial charge is 0.123 e. The molecule has 0 aliphatic carbocycles. The Morgan fingerprint density at radius 1 is 1.18 bits per heavy atom. The lowest BCUT2D eigenvalue weighted by molar-refractivity contribution is 0.00677. The molecule has 1 aliphatic rings. The summed E-state index contributed by atoms with van der Waals surface area (Å²) in [5, 5.41) is 3.43. The van der Waals surface area contributed by atoms with Crippen molar-refractivity contribution >= 4 is 0 Å². The third-order valence-corrected chi connectivity index (χ3v) is 4.36. The van der Waals surface area contributed by atoms with Crippen molar-refractivity contribution in [2.24, 2.45) is 0 Å². The lowest BCUT2D eigenvalue weighted by Crippen LogP contribution is -2.40. The average Bonchev–Trinajstić information content (AvgIpc) is 2.54. The number of aryl methyl sites for hydroxylation is 1. The Morgan fingerprint density at radius 3 is 2.77 bits per heavy atom. The first-order chi connectivity index (χ1) is 10.7. The summed E-state index contributed by atoms with van der Waals surface area (Å²) in [6, 6.07) is 15.3. The highest BCUT2D eigenvalue weighted by Gasteiger charge is 2.28. The molecule has 3 heteroatoms. The second-order valence-electron chi connectivity index (χ2n) is 5.94. The second-order valence-corrected chi connectivity index (χ2v) is 5.94. The molecule has 0 unspecified atom stereocenters. The van der Waals surface area contributed by atoms with Crippen LogP contribution in [0.15, 0.2) is 48.5 Å². The fourth-order valence-corrected chi connectivity index (χ4v) is 3.18. The van der Waals surface area contributed by atoms with E-state index in [2.05, 4.69) is 17.4 Å². The normalized spacial score (nSPS) is 21.7. The van der Waals surface area contributed by atoms with Gasteiger partial charge in [0.1, 0.15) is 5.82 Å². The number of hydrogen-bond acceptors (Lipinski definition) is 2. The second kappa shape index (κ2) is 7.03. The molecule has 3 rings (SSSR count). The Morgan fingerprint density at radius 2 is 2.00 bits per heavy atom. The van der Waals surface area contributed by atoms with Gasteiger partial charge in [-0.3, -0.25) is 0 Å². The van der Waals surface area contributed by atoms with Gasteiger partial charge in [0.2, 0.25) is 0 Å². The highest BCUT2D eigenvalue weighted by Crippen LogP contribution is 2.29. The quantitative estimate of drug-likeness (QED) is 0.927. The van der Waals surface area contributed by atoms with Crippen LogP contribution in [0, 0.1) is 12.7 Å². The van der Waals surface area contributed by atoms with Crippen LogP contribution in [-0.2, 0) is 11.3 Å². The van der Waals surface area contributed by atoms with Crippen molar-refractivity contribution in [2.75, 3.05) is 13.1 Å². The molecule has 1 aliphatic heterocycles. The Bertz CT molecular complexity index is 614. The van der Waals surface area contributed by atoms with E-state index in [1.807, 2.05) is 31.2 Å². The van der Waals surface area contributed by atoms with E-state index in [1.54, 1.807) is 12.1 Å². The van der Waals surface area contributed by atoms with Crippen LogP contribution < -0.4 is 5.32 Å². The average molecular weight is 299 g/mol. The molecule has 0 bridgehead atoms. The maximum absolute atomic E-state index is 13.3. The zero-order chi connectivity index (χ0) is 15.4. The molecule has 0 radical (unpaired) electrons. The summed E-state index contributed by atoms with van der Waals surface area (Å²) in [5.74, 6) is 0.102. The predicted octanol–water partition coefficient (Wildman–Crippen LogP) is 3.80. The van der Waals surface area contributed by atoms with Gasteiger partial charge in [-0.05, 0) is 48.7 Å². The number of piperidine rings is 1. The lowest BCUT2D eigenvalue weighted by atomic mass is 9.86. The van der Waals surface area contributed by atoms with Gasteiger partial charge in [-0.1, -0.05) is 36.4 Å². The Kier molecular flexibility index (Phi) is 4.86. The topological polar surface area (TPSA) is 21.3 Å². The van der Waals surface area contributed by atoms with Crippen LogP contribution in [0.25, 0.3) is 0 Å². The van der Waals surface area contributed by atoms with Gasteiger partial charge in [-0.15, -0.1) is 0 Å². The zero-order valence-corrected chi connectivity index (χ0v) is 12.9. The summed E-state index contributed by atoms with van der Waals surface area (Å²) >= 11 is 0. The van der Waals surface area contributed by atoms with Crippen molar-refractivity contribution in [1.82, 2.24) is 5.32 Å². The van der Waals surface area contributed by atoms with E-state index >= 15 is 0 Å². The third kappa shape index (κ3) is 3.54. The summed E-state index contributed by atoms with van der Waals surface area (Å²) < 4.78 is 19.5. The molecular formula is C19H22FNO. The van der Waals surface area contributed by atoms with Crippen LogP contribution >= 0.6 is 0 Å². The first kappa shape index (κ1) is 15.2. The zero-order valence-electron chi connectivity index (χ0n) is 12.9. The number of ether oxygens (including phenoxy) is 1. The number of halogens is 1. The molecule has 0 aromatic heterocycles. The number of hydrogen-bond donors (Lipinski definition) is 1. The largest absolute Gasteiger partial charge is 0.373 e. The first-order valence-electron chi connectivity index (χ1n) is 7.86. The molecule has 2 atom stereocenters. The van der Waals surface area contributed by atoms with Gasteiger partial charge in [0.15, 0.2) is 0 Å². The molecule has 0 saturated carbocycles. The van der Waals surface area contributed by atoms with Crippen molar-refractivity contribution in [3.63, 3.8) is 0 Å². The van der Waals surface area contributed by atoms with Gasteiger partial charge in [0.25, 0.3) is 0 Å². The molecule has 2 aromatic carbocycles. The number of rotatable bonds is 4. The van der Waals surface area contributed by atoms with Gasteiger partial charge in [-0.2, -0.15) is 0 Å². The van der Waals surface area contributed by atoms with E-state index in [0.717, 1.165) is 25.1 Å². The van der Waals surface area contributed by atoms with Crippen molar-refractivity contribution in [3.8, 4) is 0 Å². The van der Waals surface area contributed by atoms with Gasteiger partial charge in [-0.25, -0.2) is 4.39 Å². The van der Waals surface area contributed by atoms with Crippen LogP contribution in [0.1, 0.15) is 29.0 Å². The Labute approximate surface area is 131 Å². The van der Waals surface area contributed by atoms with Gasteiger partial charge in [0.05, 0.1) is 12.7 Å². The van der Waals surface area contributed by atoms with Gasteiger partial charge in [0, 0.05) is 12.5 Å². The van der Waals surface area contributed by atoms with Crippen LogP contribution in [0.4, 0.5) is 4.39 Å². The van der Waals surface area contributed by atoms with E-state index < -0.39 is 0 Å². The molecule has 1 saturated heterocycles. The molecule has 1 fully saturated rings. The van der Waals surface area contributed by atoms with Crippen LogP contribution in [0.5, 0.6) is 0 Å². The molecule has 1 N–H and O–H groups in total. The standard InChI is InChI=1S/C19H22FNO/c1-14-11-16(20)7-8-17(14)18-12-21-10-9-19(18)22-13-15-5-3-2-4-6-15/h2-8,11,18-19,21H,9-10,12-13H2,1H3/t18-,19-/m0/s1. The maximum Gasteiger partial charge on any atom is 0.123 e. The number of benzene rings is 2. The minimum absolute atomic E-state index is 0.172. The van der Waals surface area contributed by atoms with E-state index in [-0.39, 0.29) is 17.8 Å². The summed E-state index contributed by atoms with van der Waals surface area (Å²) in [6.45, 7) is 4.45. The van der Waals surface area contributed by atoms with E-state index in [0.29, 0.717) is 6.61 Å². The molecule has 0 spiro atoms. The Balaban J connectivity index is 1.73. The summed E-state index contributed by atoms with van der Waals surface area (Å²) in [5.41, 5.74) is 3.38. The molecule has 2 nitrogen and oxygen atoms in total. The molecule has 1 heterocycles. The number of nitrogens with one attached hydrogen (secondary N) is 1. The molecule has 0 amide bonds. The van der Waals surface area contributed by atoms with Crippen molar-refractivity contribution in [1.29, 1.82) is 0 Å². The monoisotopic (exact) mass is 299 g/mol. The van der Waals surface area contributed by atoms with Crippen molar-refractivity contribution in [3.05, 3.63) is 71.0 Å². The molecule has 116 valence electrons. The molecule has 2 aromatic rings. The SMILES string of the molecule is Cc1cc(F)ccc1[C@@H]1CNCC[C@@H]1OCc1ccccc1. The van der Waals surface area contributed by atoms with Crippen LogP contribution in [-0.4, -0.2) is 19.2 Å². The molecular weight excluding hydrogens is 277 g/mol. The fraction of sp³-hybridized carbons (Fsp3) is 0.368. The van der Waals surface area contributed by atoms with Crippen molar-refractivity contribution in [2.45, 2.75) is 32.0 Å². The minimum Gasteiger partial charge on any atom is -0.373 e. The highest BCUT2D eigenvalue weighted by atomic mass is 19.1.